The van der Waals surface area contributed by atoms with E-state index in [1.165, 1.54) is 5.38 Å². The van der Waals surface area contributed by atoms with E-state index in [1.807, 2.05) is 0 Å². The summed E-state index contributed by atoms with van der Waals surface area (Å²) in [6, 6.07) is -2.94. The molecule has 0 radical (unpaired) electrons. The van der Waals surface area contributed by atoms with Crippen molar-refractivity contribution in [3.8, 4) is 0 Å². The first-order valence-electron chi connectivity index (χ1n) is 9.63. The van der Waals surface area contributed by atoms with E-state index in [9.17, 15) is 37.3 Å². The van der Waals surface area contributed by atoms with Crippen LogP contribution in [0.3, 0.4) is 0 Å². The van der Waals surface area contributed by atoms with Crippen LogP contribution in [0.2, 0.25) is 0 Å². The average molecular weight is 546 g/mol. The van der Waals surface area contributed by atoms with Gasteiger partial charge in [0.15, 0.2) is 10.8 Å². The smallest absolute Gasteiger partial charge is 0.362 e. The lowest BCUT2D eigenvalue weighted by Gasteiger charge is -2.43. The number of hydrogen-bond donors (Lipinski definition) is 5. The zero-order valence-corrected chi connectivity index (χ0v) is 20.1. The lowest BCUT2D eigenvalue weighted by atomic mass is 9.98. The zero-order chi connectivity index (χ0) is 27.0. The van der Waals surface area contributed by atoms with Gasteiger partial charge in [-0.05, 0) is 13.8 Å². The second kappa shape index (κ2) is 9.47. The number of aromatic nitrogens is 4. The second-order valence-corrected chi connectivity index (χ2v) is 9.88. The van der Waals surface area contributed by atoms with Gasteiger partial charge < -0.3 is 26.7 Å². The Bertz CT molecular complexity index is 1360. The highest BCUT2D eigenvalue weighted by Gasteiger charge is 2.54. The molecule has 1 aliphatic heterocycles. The number of thiazole rings is 1. The molecule has 3 heterocycles. The molecule has 3 amide bonds. The Hall–Kier alpha value is -4.17. The monoisotopic (exact) mass is 545 g/mol. The van der Waals surface area contributed by atoms with Gasteiger partial charge in [-0.2, -0.15) is 8.42 Å². The number of rotatable bonds is 10. The third-order valence-electron chi connectivity index (χ3n) is 4.70. The number of nitrogens with zero attached hydrogens (tertiary/aromatic N) is 6. The van der Waals surface area contributed by atoms with Crippen molar-refractivity contribution < 1.29 is 42.1 Å². The summed E-state index contributed by atoms with van der Waals surface area (Å²) in [4.78, 5) is 60.5. The summed E-state index contributed by atoms with van der Waals surface area (Å²) >= 11 is 0.930. The molecule has 1 saturated heterocycles. The minimum absolute atomic E-state index is 0.0366. The number of β-lactam (4-membered cyclic amide) rings is 1. The number of nitrogens with two attached hydrogens (primary N) is 2. The van der Waals surface area contributed by atoms with Crippen molar-refractivity contribution in [1.82, 2.24) is 29.4 Å². The maximum Gasteiger partial charge on any atom is 0.362 e. The molecule has 2 aromatic heterocycles. The second-order valence-electron chi connectivity index (χ2n) is 7.70. The van der Waals surface area contributed by atoms with Crippen LogP contribution in [0, 0.1) is 0 Å². The van der Waals surface area contributed by atoms with Crippen molar-refractivity contribution in [3.63, 3.8) is 0 Å². The fourth-order valence-electron chi connectivity index (χ4n) is 2.84. The minimum atomic E-state index is -5.04. The highest BCUT2D eigenvalue weighted by molar-refractivity contribution is 7.84. The van der Waals surface area contributed by atoms with Crippen LogP contribution in [-0.4, -0.2) is 89.2 Å². The first-order chi connectivity index (χ1) is 16.6. The first-order valence-corrected chi connectivity index (χ1v) is 11.9. The van der Waals surface area contributed by atoms with E-state index in [2.05, 4.69) is 25.5 Å². The van der Waals surface area contributed by atoms with Crippen molar-refractivity contribution in [2.24, 2.45) is 10.9 Å². The Morgan fingerprint density at radius 2 is 2.03 bits per heavy atom. The number of amides is 3. The molecule has 1 aliphatic rings. The molecule has 0 aromatic carbocycles. The summed E-state index contributed by atoms with van der Waals surface area (Å²) in [6.45, 7) is 1.89. The largest absolute Gasteiger partial charge is 0.478 e. The van der Waals surface area contributed by atoms with E-state index in [0.717, 1.165) is 36.2 Å². The summed E-state index contributed by atoms with van der Waals surface area (Å²) in [6.07, 6.45) is 1.02. The molecule has 0 saturated carbocycles. The number of carboxylic acids is 1. The number of carbonyl (C=O) groups excluding carboxylic acids is 3. The quantitative estimate of drug-likeness (QED) is 0.0874. The van der Waals surface area contributed by atoms with Gasteiger partial charge in [0.05, 0.1) is 12.6 Å². The highest BCUT2D eigenvalue weighted by atomic mass is 32.2. The van der Waals surface area contributed by atoms with Crippen molar-refractivity contribution in [1.29, 1.82) is 0 Å². The first kappa shape index (κ1) is 26.4. The maximum atomic E-state index is 13.0. The molecular weight excluding hydrogens is 526 g/mol. The van der Waals surface area contributed by atoms with Gasteiger partial charge in [0.25, 0.3) is 17.7 Å². The van der Waals surface area contributed by atoms with E-state index in [0.29, 0.717) is 0 Å². The van der Waals surface area contributed by atoms with Gasteiger partial charge in [0.2, 0.25) is 11.4 Å². The van der Waals surface area contributed by atoms with E-state index >= 15 is 0 Å². The van der Waals surface area contributed by atoms with Crippen LogP contribution in [0.5, 0.6) is 0 Å². The van der Waals surface area contributed by atoms with Gasteiger partial charge >= 0.3 is 16.3 Å². The minimum Gasteiger partial charge on any atom is -0.478 e. The van der Waals surface area contributed by atoms with Crippen molar-refractivity contribution in [2.45, 2.75) is 38.1 Å². The summed E-state index contributed by atoms with van der Waals surface area (Å²) < 4.78 is 33.9. The average Bonchev–Trinajstić information content (AvgIpc) is 3.40. The van der Waals surface area contributed by atoms with Gasteiger partial charge in [0.1, 0.15) is 18.1 Å². The van der Waals surface area contributed by atoms with Gasteiger partial charge in [-0.25, -0.2) is 23.7 Å². The van der Waals surface area contributed by atoms with E-state index in [1.54, 1.807) is 0 Å². The fourth-order valence-corrected chi connectivity index (χ4v) is 4.26. The fraction of sp³-hybridized carbons (Fsp3) is 0.375. The Morgan fingerprint density at radius 3 is 2.53 bits per heavy atom. The standard InChI is InChI=1S/C16H19N9O9S2/c1-16(2,14(29)30)34-23-8(6-4-35-15(18)20-6)12(27)21-9-7(25(13(9)28)36(31,32)33)3-24-5-19-11(22-24)10(17)26/h4-5,7,9H,3H2,1-2H3,(H2,17,26)(H2,18,20)(H,21,27)(H,29,30)(H,31,32,33)/b23-8-. The Morgan fingerprint density at radius 1 is 1.36 bits per heavy atom. The number of nitrogens with one attached hydrogen (secondary N) is 1. The van der Waals surface area contributed by atoms with Gasteiger partial charge in [-0.3, -0.25) is 18.9 Å². The Balaban J connectivity index is 1.90. The predicted octanol–water partition coefficient (Wildman–Crippen LogP) is -2.80. The van der Waals surface area contributed by atoms with Crippen LogP contribution in [0.1, 0.15) is 30.2 Å². The van der Waals surface area contributed by atoms with E-state index in [-0.39, 0.29) is 15.1 Å². The topological polar surface area (TPSA) is 275 Å². The predicted molar refractivity (Wildman–Crippen MR) is 119 cm³/mol. The molecule has 36 heavy (non-hydrogen) atoms. The molecule has 2 atom stereocenters. The molecule has 20 heteroatoms. The lowest BCUT2D eigenvalue weighted by molar-refractivity contribution is -0.161. The number of carboxylic acid groups (broad SMARTS) is 1. The van der Waals surface area contributed by atoms with Crippen molar-refractivity contribution in [3.05, 3.63) is 23.2 Å². The number of aliphatic carboxylic acids is 1. The molecule has 2 aromatic rings. The Kier molecular flexibility index (Phi) is 6.95. The van der Waals surface area contributed by atoms with Crippen molar-refractivity contribution in [2.75, 3.05) is 5.73 Å². The van der Waals surface area contributed by atoms with E-state index < -0.39 is 69.8 Å². The number of oxime groups is 1. The molecule has 0 spiro atoms. The van der Waals surface area contributed by atoms with Gasteiger partial charge in [0, 0.05) is 5.38 Å². The molecule has 0 aliphatic carbocycles. The lowest BCUT2D eigenvalue weighted by Crippen LogP contribution is -2.73. The highest BCUT2D eigenvalue weighted by Crippen LogP contribution is 2.25. The van der Waals surface area contributed by atoms with Crippen LogP contribution < -0.4 is 16.8 Å². The maximum absolute atomic E-state index is 13.0. The third kappa shape index (κ3) is 5.39. The molecular formula is C16H19N9O9S2. The number of carbonyl (C=O) groups is 4. The molecule has 0 bridgehead atoms. The van der Waals surface area contributed by atoms with Crippen LogP contribution in [-0.2, 0) is 36.1 Å². The number of anilines is 1. The normalized spacial score (nSPS) is 18.5. The molecule has 18 nitrogen and oxygen atoms in total. The third-order valence-corrected chi connectivity index (χ3v) is 6.32. The molecule has 194 valence electrons. The van der Waals surface area contributed by atoms with E-state index in [4.69, 9.17) is 16.3 Å². The molecule has 2 unspecified atom stereocenters. The molecule has 3 rings (SSSR count). The number of nitrogen functional groups attached to an aromatic ring is 1. The molecule has 1 fully saturated rings. The summed E-state index contributed by atoms with van der Waals surface area (Å²) in [5.41, 5.74) is 8.13. The Labute approximate surface area is 205 Å². The van der Waals surface area contributed by atoms with Crippen molar-refractivity contribution >= 4 is 56.2 Å². The SMILES string of the molecule is CC(C)(O/N=C(\C(=O)NC1C(=O)N(S(=O)(=O)O)C1Cn1cnc(C(N)=O)n1)c1csc(N)n1)C(=O)O. The zero-order valence-electron chi connectivity index (χ0n) is 18.4. The number of primary amides is 1. The van der Waals surface area contributed by atoms with Crippen LogP contribution in [0.25, 0.3) is 0 Å². The number of hydrogen-bond acceptors (Lipinski definition) is 13. The molecule has 7 N–H and O–H groups in total. The van der Waals surface area contributed by atoms with Gasteiger partial charge in [-0.15, -0.1) is 16.4 Å². The summed E-state index contributed by atoms with van der Waals surface area (Å²) in [5.74, 6) is -5.06. The summed E-state index contributed by atoms with van der Waals surface area (Å²) in [7, 11) is -5.04. The summed E-state index contributed by atoms with van der Waals surface area (Å²) in [5, 5.41) is 20.1. The van der Waals surface area contributed by atoms with Crippen LogP contribution in [0.4, 0.5) is 5.13 Å². The van der Waals surface area contributed by atoms with Crippen LogP contribution >= 0.6 is 11.3 Å². The van der Waals surface area contributed by atoms with Gasteiger partial charge in [-0.1, -0.05) is 5.16 Å². The van der Waals surface area contributed by atoms with Crippen LogP contribution in [0.15, 0.2) is 16.9 Å².